The van der Waals surface area contributed by atoms with Crippen molar-refractivity contribution < 1.29 is 19.1 Å². The number of hydrogen-bond donors (Lipinski definition) is 1. The van der Waals surface area contributed by atoms with Crippen LogP contribution in [-0.4, -0.2) is 42.3 Å². The SMILES string of the molecule is CCOC(=O)Cc1cccc(C2(N)CCN(C(=O)OC(C)(C)C)CC2)c1. The van der Waals surface area contributed by atoms with Gasteiger partial charge in [-0.05, 0) is 51.7 Å². The first-order valence-corrected chi connectivity index (χ1v) is 9.15. The summed E-state index contributed by atoms with van der Waals surface area (Å²) in [6, 6.07) is 7.77. The smallest absolute Gasteiger partial charge is 0.410 e. The van der Waals surface area contributed by atoms with Crippen molar-refractivity contribution >= 4 is 12.1 Å². The van der Waals surface area contributed by atoms with E-state index in [0.29, 0.717) is 32.5 Å². The van der Waals surface area contributed by atoms with Gasteiger partial charge in [-0.2, -0.15) is 0 Å². The fourth-order valence-corrected chi connectivity index (χ4v) is 3.07. The molecule has 1 fully saturated rings. The Morgan fingerprint density at radius 1 is 1.23 bits per heavy atom. The molecule has 0 radical (unpaired) electrons. The summed E-state index contributed by atoms with van der Waals surface area (Å²) < 4.78 is 10.4. The number of piperidine rings is 1. The van der Waals surface area contributed by atoms with E-state index in [2.05, 4.69) is 0 Å². The van der Waals surface area contributed by atoms with Crippen LogP contribution >= 0.6 is 0 Å². The molecule has 1 amide bonds. The van der Waals surface area contributed by atoms with Crippen molar-refractivity contribution in [3.8, 4) is 0 Å². The van der Waals surface area contributed by atoms with Crippen LogP contribution in [0.5, 0.6) is 0 Å². The number of benzene rings is 1. The summed E-state index contributed by atoms with van der Waals surface area (Å²) in [5.74, 6) is -0.240. The average Bonchev–Trinajstić information content (AvgIpc) is 2.54. The molecule has 0 atom stereocenters. The first kappa shape index (κ1) is 20.2. The predicted molar refractivity (Wildman–Crippen MR) is 99.7 cm³/mol. The minimum atomic E-state index is -0.511. The Morgan fingerprint density at radius 3 is 2.46 bits per heavy atom. The Kier molecular flexibility index (Phi) is 6.29. The number of ether oxygens (including phenoxy) is 2. The van der Waals surface area contributed by atoms with E-state index in [9.17, 15) is 9.59 Å². The summed E-state index contributed by atoms with van der Waals surface area (Å²) in [7, 11) is 0. The zero-order chi connectivity index (χ0) is 19.4. The number of amides is 1. The zero-order valence-electron chi connectivity index (χ0n) is 16.2. The fourth-order valence-electron chi connectivity index (χ4n) is 3.07. The number of rotatable bonds is 4. The van der Waals surface area contributed by atoms with E-state index < -0.39 is 11.1 Å². The molecule has 6 heteroatoms. The highest BCUT2D eigenvalue weighted by Crippen LogP contribution is 2.31. The van der Waals surface area contributed by atoms with E-state index in [1.807, 2.05) is 45.0 Å². The Bertz CT molecular complexity index is 643. The summed E-state index contributed by atoms with van der Waals surface area (Å²) in [5.41, 5.74) is 7.50. The molecule has 2 rings (SSSR count). The average molecular weight is 362 g/mol. The maximum absolute atomic E-state index is 12.2. The number of esters is 1. The molecule has 1 aliphatic heterocycles. The van der Waals surface area contributed by atoms with Crippen LogP contribution in [0.4, 0.5) is 4.79 Å². The highest BCUT2D eigenvalue weighted by atomic mass is 16.6. The Hall–Kier alpha value is -2.08. The second-order valence-electron chi connectivity index (χ2n) is 7.81. The van der Waals surface area contributed by atoms with Gasteiger partial charge in [0, 0.05) is 18.6 Å². The molecule has 0 spiro atoms. The monoisotopic (exact) mass is 362 g/mol. The summed E-state index contributed by atoms with van der Waals surface area (Å²) >= 11 is 0. The van der Waals surface area contributed by atoms with Crippen LogP contribution in [-0.2, 0) is 26.2 Å². The van der Waals surface area contributed by atoms with Crippen molar-refractivity contribution in [2.75, 3.05) is 19.7 Å². The minimum absolute atomic E-state index is 0.238. The summed E-state index contributed by atoms with van der Waals surface area (Å²) in [6.45, 7) is 8.84. The lowest BCUT2D eigenvalue weighted by molar-refractivity contribution is -0.142. The van der Waals surface area contributed by atoms with Gasteiger partial charge in [0.1, 0.15) is 5.60 Å². The predicted octanol–water partition coefficient (Wildman–Crippen LogP) is 2.98. The maximum Gasteiger partial charge on any atom is 0.410 e. The lowest BCUT2D eigenvalue weighted by Crippen LogP contribution is -2.50. The van der Waals surface area contributed by atoms with Crippen molar-refractivity contribution in [1.82, 2.24) is 4.90 Å². The Labute approximate surface area is 155 Å². The molecule has 1 aromatic rings. The van der Waals surface area contributed by atoms with Gasteiger partial charge in [0.25, 0.3) is 0 Å². The second-order valence-corrected chi connectivity index (χ2v) is 7.81. The van der Waals surface area contributed by atoms with Gasteiger partial charge < -0.3 is 20.1 Å². The van der Waals surface area contributed by atoms with Gasteiger partial charge in [0.05, 0.1) is 13.0 Å². The molecule has 1 heterocycles. The minimum Gasteiger partial charge on any atom is -0.466 e. The number of carbonyl (C=O) groups is 2. The van der Waals surface area contributed by atoms with Crippen LogP contribution in [0.25, 0.3) is 0 Å². The molecule has 2 N–H and O–H groups in total. The van der Waals surface area contributed by atoms with Crippen LogP contribution < -0.4 is 5.73 Å². The summed E-state index contributed by atoms with van der Waals surface area (Å²) in [6.07, 6.45) is 1.24. The van der Waals surface area contributed by atoms with Gasteiger partial charge in [-0.3, -0.25) is 4.79 Å². The number of hydrogen-bond acceptors (Lipinski definition) is 5. The summed E-state index contributed by atoms with van der Waals surface area (Å²) in [5, 5.41) is 0. The fraction of sp³-hybridized carbons (Fsp3) is 0.600. The maximum atomic E-state index is 12.2. The molecule has 0 unspecified atom stereocenters. The van der Waals surface area contributed by atoms with Gasteiger partial charge in [-0.25, -0.2) is 4.79 Å². The normalized spacial score (nSPS) is 16.9. The molecule has 0 aromatic heterocycles. The van der Waals surface area contributed by atoms with Crippen LogP contribution in [0.15, 0.2) is 24.3 Å². The number of carbonyl (C=O) groups excluding carboxylic acids is 2. The molecule has 26 heavy (non-hydrogen) atoms. The van der Waals surface area contributed by atoms with Crippen LogP contribution in [0.1, 0.15) is 51.7 Å². The number of nitrogens with two attached hydrogens (primary N) is 1. The molecular weight excluding hydrogens is 332 g/mol. The van der Waals surface area contributed by atoms with Crippen molar-refractivity contribution in [2.24, 2.45) is 5.73 Å². The van der Waals surface area contributed by atoms with Gasteiger partial charge in [0.2, 0.25) is 0 Å². The first-order valence-electron chi connectivity index (χ1n) is 9.15. The van der Waals surface area contributed by atoms with Gasteiger partial charge in [0.15, 0.2) is 0 Å². The molecule has 0 bridgehead atoms. The molecule has 6 nitrogen and oxygen atoms in total. The van der Waals surface area contributed by atoms with E-state index >= 15 is 0 Å². The molecule has 144 valence electrons. The molecule has 1 saturated heterocycles. The first-order chi connectivity index (χ1) is 12.1. The van der Waals surface area contributed by atoms with Crippen molar-refractivity contribution in [3.63, 3.8) is 0 Å². The van der Waals surface area contributed by atoms with Gasteiger partial charge in [-0.1, -0.05) is 24.3 Å². The number of likely N-dealkylation sites (tertiary alicyclic amines) is 1. The molecule has 0 saturated carbocycles. The van der Waals surface area contributed by atoms with Gasteiger partial charge >= 0.3 is 12.1 Å². The number of nitrogens with zero attached hydrogens (tertiary/aromatic N) is 1. The highest BCUT2D eigenvalue weighted by molar-refractivity contribution is 5.72. The molecule has 1 aromatic carbocycles. The summed E-state index contributed by atoms with van der Waals surface area (Å²) in [4.78, 5) is 25.6. The van der Waals surface area contributed by atoms with E-state index in [-0.39, 0.29) is 18.5 Å². The second kappa shape index (κ2) is 8.08. The van der Waals surface area contributed by atoms with Crippen LogP contribution in [0.3, 0.4) is 0 Å². The lowest BCUT2D eigenvalue weighted by atomic mass is 9.81. The zero-order valence-corrected chi connectivity index (χ0v) is 16.2. The Morgan fingerprint density at radius 2 is 1.88 bits per heavy atom. The standard InChI is InChI=1S/C20H30N2O4/c1-5-25-17(23)14-15-7-6-8-16(13-15)20(21)9-11-22(12-10-20)18(24)26-19(2,3)4/h6-8,13H,5,9-12,14,21H2,1-4H3. The topological polar surface area (TPSA) is 81.9 Å². The van der Waals surface area contributed by atoms with Crippen molar-refractivity contribution in [1.29, 1.82) is 0 Å². The van der Waals surface area contributed by atoms with E-state index in [1.54, 1.807) is 11.8 Å². The highest BCUT2D eigenvalue weighted by Gasteiger charge is 2.35. The Balaban J connectivity index is 2.02. The molecule has 1 aliphatic rings. The third-order valence-corrected chi connectivity index (χ3v) is 4.46. The van der Waals surface area contributed by atoms with Crippen LogP contribution in [0, 0.1) is 0 Å². The third-order valence-electron chi connectivity index (χ3n) is 4.46. The largest absolute Gasteiger partial charge is 0.466 e. The van der Waals surface area contributed by atoms with E-state index in [0.717, 1.165) is 11.1 Å². The van der Waals surface area contributed by atoms with E-state index in [4.69, 9.17) is 15.2 Å². The van der Waals surface area contributed by atoms with E-state index in [1.165, 1.54) is 0 Å². The van der Waals surface area contributed by atoms with Crippen LogP contribution in [0.2, 0.25) is 0 Å². The van der Waals surface area contributed by atoms with Crippen molar-refractivity contribution in [2.45, 2.75) is 58.1 Å². The van der Waals surface area contributed by atoms with Crippen molar-refractivity contribution in [3.05, 3.63) is 35.4 Å². The van der Waals surface area contributed by atoms with Gasteiger partial charge in [-0.15, -0.1) is 0 Å². The third kappa shape index (κ3) is 5.46. The lowest BCUT2D eigenvalue weighted by Gasteiger charge is -2.40. The quantitative estimate of drug-likeness (QED) is 0.833. The molecular formula is C20H30N2O4. The molecule has 0 aliphatic carbocycles.